The van der Waals surface area contributed by atoms with Gasteiger partial charge in [-0.2, -0.15) is 12.7 Å². The van der Waals surface area contributed by atoms with E-state index >= 15 is 0 Å². The van der Waals surface area contributed by atoms with Crippen LogP contribution in [0.4, 0.5) is 0 Å². The van der Waals surface area contributed by atoms with Gasteiger partial charge in [0.15, 0.2) is 0 Å². The fraction of sp³-hybridized carbons (Fsp3) is 0.333. The number of nitrogens with one attached hydrogen (secondary N) is 1. The monoisotopic (exact) mass is 609 g/mol. The SMILES string of the molecule is Cc1c(Cl)cccc1S(=O)(=O)N(CCCC(=O)NCCS(=O)(=O)O)C(C)c1cccc(-c2ccncc2CO)c1. The van der Waals surface area contributed by atoms with Crippen molar-refractivity contribution in [2.24, 2.45) is 0 Å². The minimum absolute atomic E-state index is 0.0114. The Morgan fingerprint density at radius 2 is 1.85 bits per heavy atom. The van der Waals surface area contributed by atoms with Crippen LogP contribution in [0.1, 0.15) is 42.5 Å². The second kappa shape index (κ2) is 13.7. The van der Waals surface area contributed by atoms with Crippen molar-refractivity contribution in [3.05, 3.63) is 82.6 Å². The molecule has 0 aliphatic heterocycles. The van der Waals surface area contributed by atoms with Crippen LogP contribution in [0.25, 0.3) is 11.1 Å². The van der Waals surface area contributed by atoms with E-state index in [4.69, 9.17) is 16.2 Å². The zero-order valence-corrected chi connectivity index (χ0v) is 24.5. The third-order valence-corrected chi connectivity index (χ3v) is 9.70. The summed E-state index contributed by atoms with van der Waals surface area (Å²) in [6.07, 6.45) is 3.28. The van der Waals surface area contributed by atoms with Crippen LogP contribution in [0.2, 0.25) is 5.02 Å². The molecule has 1 atom stereocenters. The first-order valence-electron chi connectivity index (χ1n) is 12.5. The highest BCUT2D eigenvalue weighted by Crippen LogP contribution is 2.33. The van der Waals surface area contributed by atoms with Crippen molar-refractivity contribution < 1.29 is 31.3 Å². The Labute approximate surface area is 239 Å². The normalized spacial score (nSPS) is 12.8. The van der Waals surface area contributed by atoms with Crippen molar-refractivity contribution in [1.82, 2.24) is 14.6 Å². The van der Waals surface area contributed by atoms with Gasteiger partial charge in [-0.25, -0.2) is 8.42 Å². The van der Waals surface area contributed by atoms with Gasteiger partial charge in [-0.3, -0.25) is 14.3 Å². The maximum atomic E-state index is 14.0. The number of hydrogen-bond donors (Lipinski definition) is 3. The van der Waals surface area contributed by atoms with Crippen LogP contribution in [0.5, 0.6) is 0 Å². The summed E-state index contributed by atoms with van der Waals surface area (Å²) in [5.74, 6) is -1.08. The lowest BCUT2D eigenvalue weighted by Gasteiger charge is -2.30. The summed E-state index contributed by atoms with van der Waals surface area (Å²) in [5.41, 5.74) is 3.28. The molecule has 1 heterocycles. The summed E-state index contributed by atoms with van der Waals surface area (Å²) in [5, 5.41) is 12.5. The molecular formula is C27H32ClN3O7S2. The maximum Gasteiger partial charge on any atom is 0.266 e. The Balaban J connectivity index is 1.91. The molecule has 1 unspecified atom stereocenters. The number of hydrogen-bond acceptors (Lipinski definition) is 7. The highest BCUT2D eigenvalue weighted by Gasteiger charge is 2.31. The summed E-state index contributed by atoms with van der Waals surface area (Å²) < 4.78 is 59.8. The fourth-order valence-electron chi connectivity index (χ4n) is 4.29. The van der Waals surface area contributed by atoms with E-state index in [1.54, 1.807) is 50.5 Å². The van der Waals surface area contributed by atoms with Crippen LogP contribution in [-0.2, 0) is 31.5 Å². The number of halogens is 1. The van der Waals surface area contributed by atoms with Gasteiger partial charge in [0.05, 0.1) is 17.3 Å². The number of rotatable bonds is 13. The number of sulfonamides is 1. The van der Waals surface area contributed by atoms with E-state index in [0.717, 1.165) is 11.1 Å². The zero-order chi connectivity index (χ0) is 29.5. The van der Waals surface area contributed by atoms with Gasteiger partial charge in [0.2, 0.25) is 15.9 Å². The van der Waals surface area contributed by atoms with Gasteiger partial charge < -0.3 is 10.4 Å². The van der Waals surface area contributed by atoms with E-state index in [9.17, 15) is 26.7 Å². The molecule has 3 aromatic rings. The number of pyridine rings is 1. The molecule has 0 bridgehead atoms. The largest absolute Gasteiger partial charge is 0.392 e. The highest BCUT2D eigenvalue weighted by molar-refractivity contribution is 7.89. The molecule has 216 valence electrons. The van der Waals surface area contributed by atoms with E-state index in [1.807, 2.05) is 18.2 Å². The molecule has 2 aromatic carbocycles. The molecule has 0 spiro atoms. The van der Waals surface area contributed by atoms with Crippen molar-refractivity contribution in [2.75, 3.05) is 18.8 Å². The summed E-state index contributed by atoms with van der Waals surface area (Å²) in [6, 6.07) is 13.1. The summed E-state index contributed by atoms with van der Waals surface area (Å²) in [4.78, 5) is 16.3. The predicted octanol–water partition coefficient (Wildman–Crippen LogP) is 3.74. The number of nitrogens with zero attached hydrogens (tertiary/aromatic N) is 2. The van der Waals surface area contributed by atoms with Gasteiger partial charge in [0.1, 0.15) is 0 Å². The molecule has 10 nitrogen and oxygen atoms in total. The molecule has 1 aromatic heterocycles. The molecule has 13 heteroatoms. The van der Waals surface area contributed by atoms with Gasteiger partial charge in [0, 0.05) is 48.5 Å². The molecule has 1 amide bonds. The molecule has 0 saturated carbocycles. The van der Waals surface area contributed by atoms with Crippen LogP contribution < -0.4 is 5.32 Å². The maximum absolute atomic E-state index is 14.0. The standard InChI is InChI=1S/C27H32ClN3O7S2/c1-19-25(28)8-4-9-26(19)40(37,38)31(14-5-10-27(33)30-13-15-39(34,35)36)20(2)21-6-3-7-22(16-21)24-11-12-29-17-23(24)18-32/h3-4,6-9,11-12,16-17,20,32H,5,10,13-15,18H2,1-2H3,(H,30,33)(H,34,35,36). The van der Waals surface area contributed by atoms with Gasteiger partial charge in [-0.1, -0.05) is 35.9 Å². The van der Waals surface area contributed by atoms with Crippen LogP contribution in [0.15, 0.2) is 65.8 Å². The number of carbonyl (C=O) groups excluding carboxylic acids is 1. The Morgan fingerprint density at radius 1 is 1.12 bits per heavy atom. The van der Waals surface area contributed by atoms with E-state index in [1.165, 1.54) is 10.4 Å². The molecule has 0 fully saturated rings. The summed E-state index contributed by atoms with van der Waals surface area (Å²) in [7, 11) is -8.28. The second-order valence-electron chi connectivity index (χ2n) is 9.21. The number of aromatic nitrogens is 1. The minimum atomic E-state index is -4.21. The van der Waals surface area contributed by atoms with Crippen LogP contribution in [0, 0.1) is 6.92 Å². The molecule has 0 saturated heterocycles. The molecule has 3 N–H and O–H groups in total. The number of amides is 1. The van der Waals surface area contributed by atoms with Gasteiger partial charge >= 0.3 is 0 Å². The van der Waals surface area contributed by atoms with Gasteiger partial charge in [-0.05, 0) is 66.8 Å². The number of benzene rings is 2. The van der Waals surface area contributed by atoms with E-state index in [2.05, 4.69) is 10.3 Å². The molecule has 0 aliphatic carbocycles. The topological polar surface area (TPSA) is 154 Å². The highest BCUT2D eigenvalue weighted by atomic mass is 35.5. The summed E-state index contributed by atoms with van der Waals surface area (Å²) >= 11 is 6.24. The molecule has 40 heavy (non-hydrogen) atoms. The quantitative estimate of drug-likeness (QED) is 0.248. The van der Waals surface area contributed by atoms with E-state index in [0.29, 0.717) is 21.7 Å². The number of aliphatic hydroxyl groups is 1. The Kier molecular flexibility index (Phi) is 10.8. The molecule has 3 rings (SSSR count). The minimum Gasteiger partial charge on any atom is -0.392 e. The lowest BCUT2D eigenvalue weighted by Crippen LogP contribution is -2.36. The number of carbonyl (C=O) groups is 1. The lowest BCUT2D eigenvalue weighted by molar-refractivity contribution is -0.121. The smallest absolute Gasteiger partial charge is 0.266 e. The van der Waals surface area contributed by atoms with Crippen LogP contribution >= 0.6 is 11.6 Å². The Bertz CT molecular complexity index is 1560. The average molecular weight is 610 g/mol. The van der Waals surface area contributed by atoms with Crippen LogP contribution in [0.3, 0.4) is 0 Å². The molecular weight excluding hydrogens is 578 g/mol. The van der Waals surface area contributed by atoms with Crippen molar-refractivity contribution in [2.45, 2.75) is 44.2 Å². The second-order valence-corrected chi connectivity index (χ2v) is 13.0. The first kappa shape index (κ1) is 31.7. The van der Waals surface area contributed by atoms with E-state index in [-0.39, 0.29) is 37.4 Å². The number of aliphatic hydroxyl groups excluding tert-OH is 1. The van der Waals surface area contributed by atoms with Crippen molar-refractivity contribution in [1.29, 1.82) is 0 Å². The van der Waals surface area contributed by atoms with Crippen LogP contribution in [-0.4, -0.2) is 60.5 Å². The van der Waals surface area contributed by atoms with E-state index < -0.39 is 37.8 Å². The predicted molar refractivity (Wildman–Crippen MR) is 153 cm³/mol. The Morgan fingerprint density at radius 3 is 2.55 bits per heavy atom. The zero-order valence-electron chi connectivity index (χ0n) is 22.1. The van der Waals surface area contributed by atoms with Gasteiger partial charge in [0.25, 0.3) is 10.1 Å². The third-order valence-electron chi connectivity index (χ3n) is 6.46. The Hall–Kier alpha value is -2.87. The average Bonchev–Trinajstić information content (AvgIpc) is 2.91. The molecule has 0 radical (unpaired) electrons. The van der Waals surface area contributed by atoms with Crippen molar-refractivity contribution in [3.8, 4) is 11.1 Å². The summed E-state index contributed by atoms with van der Waals surface area (Å²) in [6.45, 7) is 2.91. The third kappa shape index (κ3) is 8.09. The van der Waals surface area contributed by atoms with Crippen molar-refractivity contribution >= 4 is 37.6 Å². The fourth-order valence-corrected chi connectivity index (χ4v) is 6.78. The van der Waals surface area contributed by atoms with Gasteiger partial charge in [-0.15, -0.1) is 0 Å². The first-order valence-corrected chi connectivity index (χ1v) is 15.9. The first-order chi connectivity index (χ1) is 18.8. The molecule has 0 aliphatic rings. The lowest BCUT2D eigenvalue weighted by atomic mass is 9.98. The van der Waals surface area contributed by atoms with Crippen molar-refractivity contribution in [3.63, 3.8) is 0 Å².